The first-order valence-electron chi connectivity index (χ1n) is 11.6. The van der Waals surface area contributed by atoms with Gasteiger partial charge in [0, 0.05) is 42.1 Å². The first-order chi connectivity index (χ1) is 16.9. The highest BCUT2D eigenvalue weighted by Crippen LogP contribution is 2.40. The molecule has 3 aromatic heterocycles. The minimum Gasteiger partial charge on any atom is -0.373 e. The van der Waals surface area contributed by atoms with Crippen molar-refractivity contribution in [2.24, 2.45) is 0 Å². The van der Waals surface area contributed by atoms with Crippen molar-refractivity contribution in [2.45, 2.75) is 50.7 Å². The molecule has 7 nitrogen and oxygen atoms in total. The van der Waals surface area contributed by atoms with Crippen molar-refractivity contribution >= 4 is 5.65 Å². The Labute approximate surface area is 198 Å². The number of hydrogen-bond donors (Lipinski definition) is 0. The van der Waals surface area contributed by atoms with Gasteiger partial charge in [-0.2, -0.15) is 9.49 Å². The molecule has 4 heterocycles. The van der Waals surface area contributed by atoms with Crippen LogP contribution >= 0.6 is 0 Å². The lowest BCUT2D eigenvalue weighted by Crippen LogP contribution is -2.24. The van der Waals surface area contributed by atoms with E-state index in [-0.39, 0.29) is 34.6 Å². The lowest BCUT2D eigenvalue weighted by atomic mass is 9.90. The fourth-order valence-electron chi connectivity index (χ4n) is 4.66. The van der Waals surface area contributed by atoms with Gasteiger partial charge in [-0.1, -0.05) is 0 Å². The summed E-state index contributed by atoms with van der Waals surface area (Å²) in [5.41, 5.74) is 0.501. The zero-order valence-electron chi connectivity index (χ0n) is 18.9. The van der Waals surface area contributed by atoms with Crippen LogP contribution in [0.25, 0.3) is 16.9 Å². The van der Waals surface area contributed by atoms with Crippen molar-refractivity contribution in [1.29, 1.82) is 0 Å². The summed E-state index contributed by atoms with van der Waals surface area (Å²) in [7, 11) is 0. The second-order valence-electron chi connectivity index (χ2n) is 9.21. The van der Waals surface area contributed by atoms with Crippen LogP contribution in [-0.2, 0) is 4.74 Å². The van der Waals surface area contributed by atoms with Gasteiger partial charge in [0.1, 0.15) is 17.3 Å². The minimum atomic E-state index is -0.984. The van der Waals surface area contributed by atoms with Crippen LogP contribution in [0.4, 0.5) is 13.2 Å². The Morgan fingerprint density at radius 3 is 2.69 bits per heavy atom. The molecule has 0 bridgehead atoms. The minimum absolute atomic E-state index is 0.0116. The standard InChI is InChI=1S/C25H22F3N5O2/c1-13-22(28)25(34)32-12-20(31-23(24(32)30-13)18-5-2-16(26)9-19(18)27)14-6-7-35-21(8-14)15-10-29-33(11-15)17-3-4-17/h2,5,9-12,14,17,21H,3-4,6-8H2,1H3/t14?,21-/m1/s1. The van der Waals surface area contributed by atoms with Gasteiger partial charge in [-0.05, 0) is 44.7 Å². The average molecular weight is 481 g/mol. The van der Waals surface area contributed by atoms with Crippen LogP contribution in [0.1, 0.15) is 60.7 Å². The smallest absolute Gasteiger partial charge is 0.294 e. The third-order valence-corrected chi connectivity index (χ3v) is 6.74. The van der Waals surface area contributed by atoms with Gasteiger partial charge in [0.05, 0.1) is 29.7 Å². The molecule has 2 aliphatic rings. The third-order valence-electron chi connectivity index (χ3n) is 6.74. The third kappa shape index (κ3) is 3.91. The average Bonchev–Trinajstić information content (AvgIpc) is 3.59. The molecular formula is C25H22F3N5O2. The summed E-state index contributed by atoms with van der Waals surface area (Å²) in [6, 6.07) is 3.56. The molecule has 4 aromatic rings. The fourth-order valence-corrected chi connectivity index (χ4v) is 4.66. The van der Waals surface area contributed by atoms with E-state index in [9.17, 15) is 18.0 Å². The molecule has 2 fully saturated rings. The monoisotopic (exact) mass is 481 g/mol. The number of benzene rings is 1. The van der Waals surface area contributed by atoms with E-state index in [4.69, 9.17) is 4.74 Å². The lowest BCUT2D eigenvalue weighted by Gasteiger charge is -2.29. The van der Waals surface area contributed by atoms with Crippen molar-refractivity contribution in [3.05, 3.63) is 81.5 Å². The highest BCUT2D eigenvalue weighted by atomic mass is 19.1. The largest absolute Gasteiger partial charge is 0.373 e. The van der Waals surface area contributed by atoms with Crippen molar-refractivity contribution in [3.8, 4) is 11.3 Å². The van der Waals surface area contributed by atoms with Gasteiger partial charge in [0.15, 0.2) is 5.65 Å². The molecular weight excluding hydrogens is 459 g/mol. The molecule has 1 saturated carbocycles. The summed E-state index contributed by atoms with van der Waals surface area (Å²) >= 11 is 0. The molecule has 0 amide bonds. The highest BCUT2D eigenvalue weighted by molar-refractivity contribution is 5.74. The number of nitrogens with zero attached hydrogens (tertiary/aromatic N) is 5. The Bertz CT molecular complexity index is 1510. The SMILES string of the molecule is Cc1nc2c(-c3ccc(F)cc3F)nc(C3CCO[C@@H](c4cnn(C5CC5)c4)C3)cn2c(=O)c1F. The van der Waals surface area contributed by atoms with Gasteiger partial charge >= 0.3 is 0 Å². The predicted octanol–water partition coefficient (Wildman–Crippen LogP) is 4.65. The molecule has 1 aromatic carbocycles. The maximum absolute atomic E-state index is 14.8. The normalized spacial score (nSPS) is 20.5. The lowest BCUT2D eigenvalue weighted by molar-refractivity contribution is 0.00454. The Balaban J connectivity index is 1.45. The maximum Gasteiger partial charge on any atom is 0.294 e. The van der Waals surface area contributed by atoms with Crippen molar-refractivity contribution in [3.63, 3.8) is 0 Å². The topological polar surface area (TPSA) is 74.3 Å². The molecule has 10 heteroatoms. The molecule has 2 atom stereocenters. The summed E-state index contributed by atoms with van der Waals surface area (Å²) in [5, 5.41) is 4.45. The number of aromatic nitrogens is 5. The zero-order chi connectivity index (χ0) is 24.3. The Morgan fingerprint density at radius 2 is 1.91 bits per heavy atom. The Kier molecular flexibility index (Phi) is 5.21. The van der Waals surface area contributed by atoms with Crippen LogP contribution < -0.4 is 5.56 Å². The van der Waals surface area contributed by atoms with Gasteiger partial charge < -0.3 is 4.74 Å². The van der Waals surface area contributed by atoms with Gasteiger partial charge in [0.2, 0.25) is 5.82 Å². The van der Waals surface area contributed by atoms with E-state index in [2.05, 4.69) is 15.1 Å². The second kappa shape index (κ2) is 8.30. The first-order valence-corrected chi connectivity index (χ1v) is 11.6. The summed E-state index contributed by atoms with van der Waals surface area (Å²) in [6.07, 6.45) is 8.50. The van der Waals surface area contributed by atoms with Crippen LogP contribution in [-0.4, -0.2) is 30.8 Å². The summed E-state index contributed by atoms with van der Waals surface area (Å²) < 4.78 is 51.9. The van der Waals surface area contributed by atoms with Crippen LogP contribution in [0.5, 0.6) is 0 Å². The van der Waals surface area contributed by atoms with E-state index in [0.717, 1.165) is 34.9 Å². The van der Waals surface area contributed by atoms with E-state index in [1.807, 2.05) is 17.1 Å². The highest BCUT2D eigenvalue weighted by Gasteiger charge is 2.30. The maximum atomic E-state index is 14.8. The predicted molar refractivity (Wildman–Crippen MR) is 120 cm³/mol. The van der Waals surface area contributed by atoms with E-state index < -0.39 is 23.0 Å². The van der Waals surface area contributed by atoms with Crippen LogP contribution in [0.2, 0.25) is 0 Å². The molecule has 1 aliphatic carbocycles. The number of rotatable bonds is 4. The van der Waals surface area contributed by atoms with E-state index in [0.29, 0.717) is 31.2 Å². The van der Waals surface area contributed by atoms with Crippen molar-refractivity contribution in [1.82, 2.24) is 24.1 Å². The Hall–Kier alpha value is -3.53. The first kappa shape index (κ1) is 22.0. The fraction of sp³-hybridized carbons (Fsp3) is 0.360. The second-order valence-corrected chi connectivity index (χ2v) is 9.21. The summed E-state index contributed by atoms with van der Waals surface area (Å²) in [4.78, 5) is 21.7. The van der Waals surface area contributed by atoms with Gasteiger partial charge in [-0.15, -0.1) is 0 Å². The van der Waals surface area contributed by atoms with Crippen molar-refractivity contribution in [2.75, 3.05) is 6.61 Å². The van der Waals surface area contributed by atoms with Gasteiger partial charge in [-0.25, -0.2) is 18.7 Å². The molecule has 0 spiro atoms. The molecule has 0 radical (unpaired) electrons. The summed E-state index contributed by atoms with van der Waals surface area (Å²) in [6.45, 7) is 1.82. The molecule has 35 heavy (non-hydrogen) atoms. The quantitative estimate of drug-likeness (QED) is 0.424. The number of hydrogen-bond acceptors (Lipinski definition) is 5. The van der Waals surface area contributed by atoms with Crippen molar-refractivity contribution < 1.29 is 17.9 Å². The zero-order valence-corrected chi connectivity index (χ0v) is 18.9. The van der Waals surface area contributed by atoms with E-state index >= 15 is 0 Å². The number of fused-ring (bicyclic) bond motifs is 1. The number of halogens is 3. The van der Waals surface area contributed by atoms with E-state index in [1.54, 1.807) is 0 Å². The Morgan fingerprint density at radius 1 is 1.09 bits per heavy atom. The molecule has 1 saturated heterocycles. The summed E-state index contributed by atoms with van der Waals surface area (Å²) in [5.74, 6) is -2.70. The van der Waals surface area contributed by atoms with Crippen LogP contribution in [0, 0.1) is 24.4 Å². The molecule has 6 rings (SSSR count). The molecule has 0 N–H and O–H groups in total. The van der Waals surface area contributed by atoms with E-state index in [1.165, 1.54) is 19.2 Å². The number of aryl methyl sites for hydroxylation is 1. The van der Waals surface area contributed by atoms with Crippen LogP contribution in [0.15, 0.2) is 41.6 Å². The van der Waals surface area contributed by atoms with Gasteiger partial charge in [0.25, 0.3) is 5.56 Å². The number of ether oxygens (including phenoxy) is 1. The van der Waals surface area contributed by atoms with Crippen LogP contribution in [0.3, 0.4) is 0 Å². The molecule has 1 unspecified atom stereocenters. The van der Waals surface area contributed by atoms with Gasteiger partial charge in [-0.3, -0.25) is 13.9 Å². The molecule has 180 valence electrons. The molecule has 1 aliphatic heterocycles.